The molecule has 0 unspecified atom stereocenters. The Hall–Kier alpha value is -4.04. The number of hydrogen-bond acceptors (Lipinski definition) is 6. The van der Waals surface area contributed by atoms with Gasteiger partial charge in [0.05, 0.1) is 18.9 Å². The highest BCUT2D eigenvalue weighted by atomic mass is 35.5. The van der Waals surface area contributed by atoms with Gasteiger partial charge >= 0.3 is 5.97 Å². The molecule has 0 aromatic heterocycles. The molecule has 170 valence electrons. The van der Waals surface area contributed by atoms with Crippen LogP contribution in [0.3, 0.4) is 0 Å². The van der Waals surface area contributed by atoms with E-state index in [2.05, 4.69) is 10.5 Å². The monoisotopic (exact) mass is 468 g/mol. The zero-order valence-corrected chi connectivity index (χ0v) is 18.4. The van der Waals surface area contributed by atoms with Crippen LogP contribution in [0.2, 0.25) is 5.02 Å². The molecule has 0 aliphatic rings. The van der Waals surface area contributed by atoms with E-state index in [4.69, 9.17) is 30.9 Å². The van der Waals surface area contributed by atoms with Crippen LogP contribution in [0.1, 0.15) is 21.5 Å². The van der Waals surface area contributed by atoms with Gasteiger partial charge in [-0.25, -0.2) is 10.2 Å². The van der Waals surface area contributed by atoms with Crippen LogP contribution in [0.15, 0.2) is 71.8 Å². The van der Waals surface area contributed by atoms with Gasteiger partial charge in [0.2, 0.25) is 0 Å². The molecule has 1 amide bonds. The minimum absolute atomic E-state index is 0.175. The number of aromatic carboxylic acids is 1. The molecule has 0 fully saturated rings. The van der Waals surface area contributed by atoms with Crippen LogP contribution in [0.25, 0.3) is 0 Å². The van der Waals surface area contributed by atoms with E-state index in [0.717, 1.165) is 0 Å². The standard InChI is InChI=1S/C24H21ClN2O6/c1-31-22-12-16(13-26-27-23(28)15-32-20-8-6-19(25)7-9-20)5-10-21(22)33-14-17-3-2-4-18(11-17)24(29)30/h2-13H,14-15H2,1H3,(H,27,28)(H,29,30)/b26-13-. The predicted molar refractivity (Wildman–Crippen MR) is 123 cm³/mol. The van der Waals surface area contributed by atoms with E-state index in [-0.39, 0.29) is 18.8 Å². The quantitative estimate of drug-likeness (QED) is 0.342. The predicted octanol–water partition coefficient (Wildman–Crippen LogP) is 4.15. The van der Waals surface area contributed by atoms with Crippen molar-refractivity contribution in [3.8, 4) is 17.2 Å². The first kappa shape index (κ1) is 23.6. The fraction of sp³-hybridized carbons (Fsp3) is 0.125. The van der Waals surface area contributed by atoms with Crippen molar-refractivity contribution in [2.45, 2.75) is 6.61 Å². The third kappa shape index (κ3) is 7.26. The summed E-state index contributed by atoms with van der Waals surface area (Å²) in [5.41, 5.74) is 3.96. The molecule has 0 saturated heterocycles. The van der Waals surface area contributed by atoms with E-state index < -0.39 is 11.9 Å². The van der Waals surface area contributed by atoms with E-state index in [1.54, 1.807) is 60.7 Å². The van der Waals surface area contributed by atoms with Crippen molar-refractivity contribution >= 4 is 29.7 Å². The maximum Gasteiger partial charge on any atom is 0.335 e. The van der Waals surface area contributed by atoms with Crippen molar-refractivity contribution in [2.75, 3.05) is 13.7 Å². The highest BCUT2D eigenvalue weighted by molar-refractivity contribution is 6.30. The van der Waals surface area contributed by atoms with Gasteiger partial charge in [0.1, 0.15) is 12.4 Å². The van der Waals surface area contributed by atoms with Crippen molar-refractivity contribution in [2.24, 2.45) is 5.10 Å². The van der Waals surface area contributed by atoms with E-state index in [9.17, 15) is 9.59 Å². The van der Waals surface area contributed by atoms with Gasteiger partial charge in [-0.05, 0) is 65.7 Å². The minimum atomic E-state index is -0.998. The highest BCUT2D eigenvalue weighted by Gasteiger charge is 2.08. The maximum atomic E-state index is 11.9. The summed E-state index contributed by atoms with van der Waals surface area (Å²) in [6.45, 7) is -0.0211. The number of hydrogen-bond donors (Lipinski definition) is 2. The third-order valence-electron chi connectivity index (χ3n) is 4.34. The zero-order valence-electron chi connectivity index (χ0n) is 17.7. The van der Waals surface area contributed by atoms with E-state index >= 15 is 0 Å². The lowest BCUT2D eigenvalue weighted by Crippen LogP contribution is -2.24. The molecule has 8 nitrogen and oxygen atoms in total. The van der Waals surface area contributed by atoms with Crippen molar-refractivity contribution in [1.82, 2.24) is 5.43 Å². The van der Waals surface area contributed by atoms with Crippen LogP contribution in [0.4, 0.5) is 0 Å². The Labute approximate surface area is 195 Å². The van der Waals surface area contributed by atoms with Crippen LogP contribution in [-0.4, -0.2) is 36.9 Å². The Kier molecular flexibility index (Phi) is 8.26. The first-order valence-electron chi connectivity index (χ1n) is 9.78. The number of amides is 1. The van der Waals surface area contributed by atoms with Gasteiger partial charge < -0.3 is 19.3 Å². The second-order valence-electron chi connectivity index (χ2n) is 6.74. The Morgan fingerprint density at radius 2 is 1.82 bits per heavy atom. The number of carboxylic acid groups (broad SMARTS) is 1. The number of carboxylic acids is 1. The van der Waals surface area contributed by atoms with Gasteiger partial charge in [0.25, 0.3) is 5.91 Å². The summed E-state index contributed by atoms with van der Waals surface area (Å²) >= 11 is 5.80. The molecular weight excluding hydrogens is 448 g/mol. The highest BCUT2D eigenvalue weighted by Crippen LogP contribution is 2.28. The molecule has 0 atom stereocenters. The lowest BCUT2D eigenvalue weighted by molar-refractivity contribution is -0.123. The summed E-state index contributed by atoms with van der Waals surface area (Å²) in [5.74, 6) is 0.0495. The van der Waals surface area contributed by atoms with Gasteiger partial charge in [-0.3, -0.25) is 4.79 Å². The van der Waals surface area contributed by atoms with Gasteiger partial charge in [-0.1, -0.05) is 23.7 Å². The first-order chi connectivity index (χ1) is 15.9. The molecule has 0 heterocycles. The van der Waals surface area contributed by atoms with E-state index in [1.165, 1.54) is 19.4 Å². The molecule has 0 aliphatic heterocycles. The van der Waals surface area contributed by atoms with Gasteiger partial charge in [-0.15, -0.1) is 0 Å². The smallest absolute Gasteiger partial charge is 0.335 e. The SMILES string of the molecule is COc1cc(/C=N\NC(=O)COc2ccc(Cl)cc2)ccc1OCc1cccc(C(=O)O)c1. The summed E-state index contributed by atoms with van der Waals surface area (Å²) in [6.07, 6.45) is 1.46. The summed E-state index contributed by atoms with van der Waals surface area (Å²) < 4.78 is 16.5. The summed E-state index contributed by atoms with van der Waals surface area (Å²) in [5, 5.41) is 13.6. The number of nitrogens with zero attached hydrogens (tertiary/aromatic N) is 1. The molecule has 0 radical (unpaired) electrons. The number of rotatable bonds is 10. The molecule has 3 aromatic carbocycles. The van der Waals surface area contributed by atoms with Gasteiger partial charge in [-0.2, -0.15) is 5.10 Å². The number of carbonyl (C=O) groups is 2. The Bertz CT molecular complexity index is 1150. The molecule has 0 spiro atoms. The van der Waals surface area contributed by atoms with E-state index in [0.29, 0.717) is 33.4 Å². The van der Waals surface area contributed by atoms with Crippen molar-refractivity contribution in [1.29, 1.82) is 0 Å². The first-order valence-corrected chi connectivity index (χ1v) is 10.2. The second kappa shape index (κ2) is 11.5. The summed E-state index contributed by atoms with van der Waals surface area (Å²) in [4.78, 5) is 23.0. The number of benzene rings is 3. The van der Waals surface area contributed by atoms with Crippen LogP contribution >= 0.6 is 11.6 Å². The number of ether oxygens (including phenoxy) is 3. The third-order valence-corrected chi connectivity index (χ3v) is 4.59. The largest absolute Gasteiger partial charge is 0.493 e. The average molecular weight is 469 g/mol. The molecule has 3 rings (SSSR count). The normalized spacial score (nSPS) is 10.6. The number of nitrogens with one attached hydrogen (secondary N) is 1. The lowest BCUT2D eigenvalue weighted by Gasteiger charge is -2.11. The van der Waals surface area contributed by atoms with Crippen LogP contribution < -0.4 is 19.6 Å². The molecule has 0 bridgehead atoms. The lowest BCUT2D eigenvalue weighted by atomic mass is 10.1. The fourth-order valence-electron chi connectivity index (χ4n) is 2.73. The number of methoxy groups -OCH3 is 1. The van der Waals surface area contributed by atoms with Crippen molar-refractivity contribution in [3.05, 3.63) is 88.4 Å². The number of halogens is 1. The average Bonchev–Trinajstić information content (AvgIpc) is 2.83. The Morgan fingerprint density at radius 1 is 1.03 bits per heavy atom. The van der Waals surface area contributed by atoms with Crippen LogP contribution in [0.5, 0.6) is 17.2 Å². The Balaban J connectivity index is 1.53. The topological polar surface area (TPSA) is 106 Å². The molecule has 0 aliphatic carbocycles. The fourth-order valence-corrected chi connectivity index (χ4v) is 2.86. The van der Waals surface area contributed by atoms with E-state index in [1.807, 2.05) is 0 Å². The van der Waals surface area contributed by atoms with Crippen molar-refractivity contribution in [3.63, 3.8) is 0 Å². The van der Waals surface area contributed by atoms with Gasteiger partial charge in [0, 0.05) is 5.02 Å². The zero-order chi connectivity index (χ0) is 23.6. The summed E-state index contributed by atoms with van der Waals surface area (Å²) in [6, 6.07) is 18.3. The Morgan fingerprint density at radius 3 is 2.55 bits per heavy atom. The minimum Gasteiger partial charge on any atom is -0.493 e. The van der Waals surface area contributed by atoms with Crippen LogP contribution in [-0.2, 0) is 11.4 Å². The molecule has 0 saturated carbocycles. The molecular formula is C24H21ClN2O6. The molecule has 9 heteroatoms. The molecule has 2 N–H and O–H groups in total. The number of carbonyl (C=O) groups excluding carboxylic acids is 1. The van der Waals surface area contributed by atoms with Gasteiger partial charge in [0.15, 0.2) is 18.1 Å². The second-order valence-corrected chi connectivity index (χ2v) is 7.18. The summed E-state index contributed by atoms with van der Waals surface area (Å²) in [7, 11) is 1.50. The van der Waals surface area contributed by atoms with Crippen molar-refractivity contribution < 1.29 is 28.9 Å². The molecule has 33 heavy (non-hydrogen) atoms. The van der Waals surface area contributed by atoms with Crippen LogP contribution in [0, 0.1) is 0 Å². The number of hydrazone groups is 1. The maximum absolute atomic E-state index is 11.9. The molecule has 3 aromatic rings.